The van der Waals surface area contributed by atoms with Crippen LogP contribution in [0.4, 0.5) is 5.69 Å². The number of ether oxygens (including phenoxy) is 1. The van der Waals surface area contributed by atoms with E-state index in [0.29, 0.717) is 11.2 Å². The number of furan rings is 1. The molecule has 2 aromatic rings. The van der Waals surface area contributed by atoms with Gasteiger partial charge >= 0.3 is 5.97 Å². The van der Waals surface area contributed by atoms with Gasteiger partial charge in [-0.25, -0.2) is 0 Å². The van der Waals surface area contributed by atoms with Gasteiger partial charge in [-0.3, -0.25) is 14.4 Å². The molecule has 0 bridgehead atoms. The number of nitrogens with zero attached hydrogens (tertiary/aromatic N) is 1. The van der Waals surface area contributed by atoms with Gasteiger partial charge in [-0.05, 0) is 59.5 Å². The molecule has 2 heterocycles. The number of carbonyl (C=O) groups excluding carboxylic acids is 3. The first-order valence-corrected chi connectivity index (χ1v) is 9.37. The Hall–Kier alpha value is -2.61. The van der Waals surface area contributed by atoms with Crippen molar-refractivity contribution in [3.05, 3.63) is 52.4 Å². The minimum atomic E-state index is -0.946. The number of aryl methyl sites for hydroxylation is 1. The van der Waals surface area contributed by atoms with E-state index in [4.69, 9.17) is 9.15 Å². The van der Waals surface area contributed by atoms with Crippen LogP contribution in [0.2, 0.25) is 0 Å². The number of hydrogen-bond donors (Lipinski definition) is 1. The maximum Gasteiger partial charge on any atom is 0.326 e. The first-order chi connectivity index (χ1) is 13.0. The fourth-order valence-electron chi connectivity index (χ4n) is 2.95. The van der Waals surface area contributed by atoms with E-state index < -0.39 is 18.0 Å². The van der Waals surface area contributed by atoms with Crippen LogP contribution in [0.1, 0.15) is 29.5 Å². The topological polar surface area (TPSA) is 88.8 Å². The lowest BCUT2D eigenvalue weighted by molar-refractivity contribution is -0.152. The minimum absolute atomic E-state index is 0.0729. The molecule has 0 fully saturated rings. The van der Waals surface area contributed by atoms with Gasteiger partial charge in [0.15, 0.2) is 16.5 Å². The second kappa shape index (κ2) is 8.39. The Morgan fingerprint density at radius 3 is 2.78 bits per heavy atom. The highest BCUT2D eigenvalue weighted by Gasteiger charge is 2.28. The van der Waals surface area contributed by atoms with Crippen LogP contribution in [-0.4, -0.2) is 37.0 Å². The summed E-state index contributed by atoms with van der Waals surface area (Å²) in [6, 6.07) is 10.8. The van der Waals surface area contributed by atoms with Crippen LogP contribution < -0.4 is 10.2 Å². The highest BCUT2D eigenvalue weighted by molar-refractivity contribution is 9.10. The number of esters is 1. The predicted octanol–water partition coefficient (Wildman–Crippen LogP) is 2.68. The number of halogens is 1. The van der Waals surface area contributed by atoms with Crippen molar-refractivity contribution < 1.29 is 23.5 Å². The number of hydrogen-bond acceptors (Lipinski definition) is 5. The van der Waals surface area contributed by atoms with Crippen molar-refractivity contribution in [3.8, 4) is 0 Å². The molecule has 0 saturated carbocycles. The van der Waals surface area contributed by atoms with E-state index in [0.717, 1.165) is 24.1 Å². The Morgan fingerprint density at radius 2 is 2.04 bits per heavy atom. The Bertz CT molecular complexity index is 863. The van der Waals surface area contributed by atoms with Crippen molar-refractivity contribution in [1.29, 1.82) is 0 Å². The SMILES string of the molecule is C[C@@H](OC(=O)CNC(=O)c1ccc(Br)o1)C(=O)N1CCCc2ccccc21. The molecule has 0 radical (unpaired) electrons. The van der Waals surface area contributed by atoms with E-state index in [1.54, 1.807) is 11.0 Å². The second-order valence-corrected chi connectivity index (χ2v) is 6.92. The molecule has 142 valence electrons. The number of fused-ring (bicyclic) bond motifs is 1. The van der Waals surface area contributed by atoms with Crippen LogP contribution in [0, 0.1) is 0 Å². The molecule has 1 aliphatic rings. The summed E-state index contributed by atoms with van der Waals surface area (Å²) in [4.78, 5) is 38.2. The first kappa shape index (κ1) is 19.2. The number of amides is 2. The van der Waals surface area contributed by atoms with Gasteiger partial charge in [-0.2, -0.15) is 0 Å². The van der Waals surface area contributed by atoms with Crippen LogP contribution in [-0.2, 0) is 20.7 Å². The third-order valence-electron chi connectivity index (χ3n) is 4.22. The molecule has 1 atom stereocenters. The molecule has 0 spiro atoms. The van der Waals surface area contributed by atoms with E-state index in [1.807, 2.05) is 24.3 Å². The van der Waals surface area contributed by atoms with E-state index in [-0.39, 0.29) is 18.2 Å². The summed E-state index contributed by atoms with van der Waals surface area (Å²) in [5, 5.41) is 2.40. The van der Waals surface area contributed by atoms with Crippen molar-refractivity contribution >= 4 is 39.4 Å². The Labute approximate surface area is 164 Å². The molecule has 3 rings (SSSR count). The Morgan fingerprint density at radius 1 is 1.26 bits per heavy atom. The third-order valence-corrected chi connectivity index (χ3v) is 4.65. The lowest BCUT2D eigenvalue weighted by Gasteiger charge is -2.31. The Kier molecular flexibility index (Phi) is 5.95. The van der Waals surface area contributed by atoms with Crippen LogP contribution in [0.5, 0.6) is 0 Å². The molecule has 0 aliphatic carbocycles. The second-order valence-electron chi connectivity index (χ2n) is 6.14. The van der Waals surface area contributed by atoms with Gasteiger partial charge in [-0.1, -0.05) is 18.2 Å². The van der Waals surface area contributed by atoms with Crippen molar-refractivity contribution in [2.24, 2.45) is 0 Å². The van der Waals surface area contributed by atoms with Gasteiger partial charge in [0.25, 0.3) is 11.8 Å². The first-order valence-electron chi connectivity index (χ1n) is 8.58. The fourth-order valence-corrected chi connectivity index (χ4v) is 3.25. The predicted molar refractivity (Wildman–Crippen MR) is 101 cm³/mol. The highest BCUT2D eigenvalue weighted by Crippen LogP contribution is 2.27. The van der Waals surface area contributed by atoms with E-state index in [1.165, 1.54) is 13.0 Å². The lowest BCUT2D eigenvalue weighted by Crippen LogP contribution is -2.43. The van der Waals surface area contributed by atoms with Crippen LogP contribution in [0.3, 0.4) is 0 Å². The zero-order valence-electron chi connectivity index (χ0n) is 14.7. The maximum absolute atomic E-state index is 12.7. The van der Waals surface area contributed by atoms with Gasteiger partial charge in [0.1, 0.15) is 6.54 Å². The number of rotatable bonds is 5. The van der Waals surface area contributed by atoms with Crippen LogP contribution in [0.25, 0.3) is 0 Å². The average Bonchev–Trinajstić information content (AvgIpc) is 3.11. The molecule has 2 amide bonds. The van der Waals surface area contributed by atoms with Crippen molar-refractivity contribution in [3.63, 3.8) is 0 Å². The third kappa shape index (κ3) is 4.57. The van der Waals surface area contributed by atoms with Gasteiger partial charge < -0.3 is 19.4 Å². The summed E-state index contributed by atoms with van der Waals surface area (Å²) >= 11 is 3.10. The van der Waals surface area contributed by atoms with Crippen LogP contribution >= 0.6 is 15.9 Å². The summed E-state index contributed by atoms with van der Waals surface area (Å²) in [5.74, 6) is -1.44. The summed E-state index contributed by atoms with van der Waals surface area (Å²) in [6.07, 6.45) is 0.833. The van der Waals surface area contributed by atoms with Crippen LogP contribution in [0.15, 0.2) is 45.5 Å². The van der Waals surface area contributed by atoms with Gasteiger partial charge in [0.2, 0.25) is 0 Å². The van der Waals surface area contributed by atoms with Crippen molar-refractivity contribution in [1.82, 2.24) is 5.32 Å². The molecule has 1 aromatic carbocycles. The molecule has 0 unspecified atom stereocenters. The summed E-state index contributed by atoms with van der Waals surface area (Å²) in [6.45, 7) is 1.76. The number of nitrogens with one attached hydrogen (secondary N) is 1. The van der Waals surface area contributed by atoms with E-state index >= 15 is 0 Å². The lowest BCUT2D eigenvalue weighted by atomic mass is 10.0. The fraction of sp³-hybridized carbons (Fsp3) is 0.316. The van der Waals surface area contributed by atoms with Gasteiger partial charge in [0, 0.05) is 12.2 Å². The summed E-state index contributed by atoms with van der Waals surface area (Å²) in [5.41, 5.74) is 1.96. The van der Waals surface area contributed by atoms with E-state index in [9.17, 15) is 14.4 Å². The van der Waals surface area contributed by atoms with Gasteiger partial charge in [0.05, 0.1) is 0 Å². The smallest absolute Gasteiger partial charge is 0.326 e. The zero-order valence-corrected chi connectivity index (χ0v) is 16.3. The molecular weight excluding hydrogens is 416 g/mol. The molecule has 0 saturated heterocycles. The van der Waals surface area contributed by atoms with Gasteiger partial charge in [-0.15, -0.1) is 0 Å². The van der Waals surface area contributed by atoms with Crippen molar-refractivity contribution in [2.45, 2.75) is 25.9 Å². The summed E-state index contributed by atoms with van der Waals surface area (Å²) in [7, 11) is 0. The molecular formula is C19H19BrN2O5. The highest BCUT2D eigenvalue weighted by atomic mass is 79.9. The zero-order chi connectivity index (χ0) is 19.4. The quantitative estimate of drug-likeness (QED) is 0.730. The monoisotopic (exact) mass is 434 g/mol. The minimum Gasteiger partial charge on any atom is -0.451 e. The Balaban J connectivity index is 1.54. The average molecular weight is 435 g/mol. The molecule has 1 N–H and O–H groups in total. The molecule has 8 heteroatoms. The number of anilines is 1. The molecule has 1 aliphatic heterocycles. The number of benzene rings is 1. The molecule has 7 nitrogen and oxygen atoms in total. The normalized spacial score (nSPS) is 14.2. The largest absolute Gasteiger partial charge is 0.451 e. The van der Waals surface area contributed by atoms with E-state index in [2.05, 4.69) is 21.2 Å². The summed E-state index contributed by atoms with van der Waals surface area (Å²) < 4.78 is 10.7. The standard InChI is InChI=1S/C19H19BrN2O5/c1-12(19(25)22-10-4-6-13-5-2-3-7-14(13)22)26-17(23)11-21-18(24)15-8-9-16(20)27-15/h2-3,5,7-9,12H,4,6,10-11H2,1H3,(H,21,24)/t12-/m1/s1. The number of carbonyl (C=O) groups is 3. The van der Waals surface area contributed by atoms with Crippen molar-refractivity contribution in [2.75, 3.05) is 18.0 Å². The molecule has 1 aromatic heterocycles. The number of para-hydroxylation sites is 1. The maximum atomic E-state index is 12.7. The molecule has 27 heavy (non-hydrogen) atoms.